The van der Waals surface area contributed by atoms with Crippen LogP contribution in [0.1, 0.15) is 24.6 Å². The highest BCUT2D eigenvalue weighted by atomic mass is 79.9. The first kappa shape index (κ1) is 12.9. The maximum atomic E-state index is 6.03. The number of rotatable bonds is 2. The largest absolute Gasteiger partial charge is 0.370 e. The number of halogens is 1. The maximum Gasteiger partial charge on any atom is 0.191 e. The molecule has 94 valence electrons. The minimum absolute atomic E-state index is 0.687. The molecule has 1 fully saturated rings. The summed E-state index contributed by atoms with van der Waals surface area (Å²) >= 11 is 5.16. The van der Waals surface area contributed by atoms with Crippen LogP contribution in [0.4, 0.5) is 0 Å². The molecule has 5 heteroatoms. The van der Waals surface area contributed by atoms with E-state index in [2.05, 4.69) is 44.9 Å². The average Bonchev–Trinajstić information content (AvgIpc) is 2.72. The molecular weight excluding hydrogens is 298 g/mol. The number of piperidine rings is 1. The smallest absolute Gasteiger partial charge is 0.191 e. The van der Waals surface area contributed by atoms with E-state index < -0.39 is 0 Å². The molecule has 0 aromatic carbocycles. The lowest BCUT2D eigenvalue weighted by atomic mass is 10.0. The first-order valence-electron chi connectivity index (χ1n) is 5.94. The number of likely N-dealkylation sites (tertiary alicyclic amines) is 1. The summed E-state index contributed by atoms with van der Waals surface area (Å²) in [6.45, 7) is 5.06. The molecule has 1 aliphatic heterocycles. The summed E-state index contributed by atoms with van der Waals surface area (Å²) in [5.41, 5.74) is 6.03. The Hall–Kier alpha value is -0.550. The SMILES string of the molecule is CC1CCCN(C(N)=NCc2ccc(Br)s2)C1. The molecule has 1 aromatic rings. The Labute approximate surface area is 115 Å². The van der Waals surface area contributed by atoms with Gasteiger partial charge in [0.25, 0.3) is 0 Å². The van der Waals surface area contributed by atoms with Crippen molar-refractivity contribution in [3.05, 3.63) is 20.8 Å². The van der Waals surface area contributed by atoms with Crippen molar-refractivity contribution in [2.75, 3.05) is 13.1 Å². The van der Waals surface area contributed by atoms with Gasteiger partial charge in [0.05, 0.1) is 10.3 Å². The van der Waals surface area contributed by atoms with E-state index in [0.29, 0.717) is 12.5 Å². The lowest BCUT2D eigenvalue weighted by Crippen LogP contribution is -2.43. The van der Waals surface area contributed by atoms with Gasteiger partial charge in [-0.2, -0.15) is 0 Å². The lowest BCUT2D eigenvalue weighted by molar-refractivity contribution is 0.270. The fourth-order valence-corrected chi connectivity index (χ4v) is 3.50. The zero-order valence-corrected chi connectivity index (χ0v) is 12.4. The summed E-state index contributed by atoms with van der Waals surface area (Å²) in [4.78, 5) is 7.92. The zero-order valence-electron chi connectivity index (χ0n) is 10.0. The third kappa shape index (κ3) is 3.71. The van der Waals surface area contributed by atoms with Crippen molar-refractivity contribution in [1.82, 2.24) is 4.90 Å². The van der Waals surface area contributed by atoms with E-state index in [1.807, 2.05) is 0 Å². The van der Waals surface area contributed by atoms with Crippen LogP contribution in [0.5, 0.6) is 0 Å². The molecule has 1 aromatic heterocycles. The molecular formula is C12H18BrN3S. The van der Waals surface area contributed by atoms with Gasteiger partial charge >= 0.3 is 0 Å². The minimum Gasteiger partial charge on any atom is -0.370 e. The first-order valence-corrected chi connectivity index (χ1v) is 7.55. The molecule has 1 saturated heterocycles. The second-order valence-electron chi connectivity index (χ2n) is 4.57. The molecule has 2 N–H and O–H groups in total. The van der Waals surface area contributed by atoms with Crippen LogP contribution >= 0.6 is 27.3 Å². The van der Waals surface area contributed by atoms with Crippen LogP contribution in [-0.4, -0.2) is 23.9 Å². The van der Waals surface area contributed by atoms with E-state index >= 15 is 0 Å². The monoisotopic (exact) mass is 315 g/mol. The first-order chi connectivity index (χ1) is 8.15. The summed E-state index contributed by atoms with van der Waals surface area (Å²) < 4.78 is 1.15. The zero-order chi connectivity index (χ0) is 12.3. The van der Waals surface area contributed by atoms with Crippen LogP contribution in [0.2, 0.25) is 0 Å². The number of aliphatic imine (C=N–C) groups is 1. The van der Waals surface area contributed by atoms with Crippen LogP contribution in [0.3, 0.4) is 0 Å². The van der Waals surface area contributed by atoms with Gasteiger partial charge in [0.15, 0.2) is 5.96 Å². The maximum absolute atomic E-state index is 6.03. The molecule has 1 unspecified atom stereocenters. The highest BCUT2D eigenvalue weighted by Crippen LogP contribution is 2.22. The third-order valence-corrected chi connectivity index (χ3v) is 4.62. The summed E-state index contributed by atoms with van der Waals surface area (Å²) in [7, 11) is 0. The van der Waals surface area contributed by atoms with Crippen molar-refractivity contribution in [1.29, 1.82) is 0 Å². The predicted molar refractivity (Wildman–Crippen MR) is 77.3 cm³/mol. The Balaban J connectivity index is 1.92. The highest BCUT2D eigenvalue weighted by molar-refractivity contribution is 9.11. The van der Waals surface area contributed by atoms with E-state index in [1.165, 1.54) is 17.7 Å². The van der Waals surface area contributed by atoms with Gasteiger partial charge in [0.1, 0.15) is 0 Å². The molecule has 0 saturated carbocycles. The van der Waals surface area contributed by atoms with Crippen molar-refractivity contribution in [3.63, 3.8) is 0 Å². The van der Waals surface area contributed by atoms with E-state index in [1.54, 1.807) is 11.3 Å². The molecule has 1 atom stereocenters. The molecule has 1 aliphatic rings. The van der Waals surface area contributed by atoms with E-state index in [9.17, 15) is 0 Å². The molecule has 17 heavy (non-hydrogen) atoms. The Morgan fingerprint density at radius 2 is 2.47 bits per heavy atom. The Kier molecular flexibility index (Phi) is 4.45. The minimum atomic E-state index is 0.687. The molecule has 2 rings (SSSR count). The van der Waals surface area contributed by atoms with Gasteiger partial charge in [-0.05, 0) is 46.8 Å². The molecule has 3 nitrogen and oxygen atoms in total. The lowest BCUT2D eigenvalue weighted by Gasteiger charge is -2.31. The molecule has 2 heterocycles. The van der Waals surface area contributed by atoms with E-state index in [4.69, 9.17) is 5.73 Å². The van der Waals surface area contributed by atoms with Crippen molar-refractivity contribution >= 4 is 33.2 Å². The van der Waals surface area contributed by atoms with Gasteiger partial charge in [-0.25, -0.2) is 4.99 Å². The van der Waals surface area contributed by atoms with Gasteiger partial charge in [-0.1, -0.05) is 6.92 Å². The van der Waals surface area contributed by atoms with Gasteiger partial charge < -0.3 is 10.6 Å². The van der Waals surface area contributed by atoms with Crippen LogP contribution < -0.4 is 5.73 Å². The van der Waals surface area contributed by atoms with Crippen molar-refractivity contribution < 1.29 is 0 Å². The van der Waals surface area contributed by atoms with Gasteiger partial charge in [0.2, 0.25) is 0 Å². The van der Waals surface area contributed by atoms with Gasteiger partial charge in [0, 0.05) is 18.0 Å². The third-order valence-electron chi connectivity index (χ3n) is 3.01. The molecule has 0 bridgehead atoms. The van der Waals surface area contributed by atoms with Crippen molar-refractivity contribution in [2.24, 2.45) is 16.6 Å². The standard InChI is InChI=1S/C12H18BrN3S/c1-9-3-2-6-16(8-9)12(14)15-7-10-4-5-11(13)17-10/h4-5,9H,2-3,6-8H2,1H3,(H2,14,15). The average molecular weight is 316 g/mol. The molecule has 0 radical (unpaired) electrons. The summed E-state index contributed by atoms with van der Waals surface area (Å²) in [6.07, 6.45) is 2.53. The highest BCUT2D eigenvalue weighted by Gasteiger charge is 2.17. The van der Waals surface area contributed by atoms with Crippen molar-refractivity contribution in [2.45, 2.75) is 26.3 Å². The fourth-order valence-electron chi connectivity index (χ4n) is 2.09. The van der Waals surface area contributed by atoms with E-state index in [0.717, 1.165) is 22.8 Å². The second kappa shape index (κ2) is 5.87. The summed E-state index contributed by atoms with van der Waals surface area (Å²) in [5, 5.41) is 0. The quantitative estimate of drug-likeness (QED) is 0.673. The number of hydrogen-bond acceptors (Lipinski definition) is 2. The Bertz CT molecular complexity index is 402. The number of thiophene rings is 1. The number of guanidine groups is 1. The number of nitrogens with two attached hydrogens (primary N) is 1. The van der Waals surface area contributed by atoms with Crippen LogP contribution in [-0.2, 0) is 6.54 Å². The summed E-state index contributed by atoms with van der Waals surface area (Å²) in [6, 6.07) is 4.14. The Morgan fingerprint density at radius 3 is 3.12 bits per heavy atom. The van der Waals surface area contributed by atoms with Crippen LogP contribution in [0, 0.1) is 5.92 Å². The summed E-state index contributed by atoms with van der Waals surface area (Å²) in [5.74, 6) is 1.43. The van der Waals surface area contributed by atoms with Crippen LogP contribution in [0.15, 0.2) is 20.9 Å². The predicted octanol–water partition coefficient (Wildman–Crippen LogP) is 3.06. The molecule has 0 aliphatic carbocycles. The molecule has 0 spiro atoms. The van der Waals surface area contributed by atoms with Crippen LogP contribution in [0.25, 0.3) is 0 Å². The Morgan fingerprint density at radius 1 is 1.65 bits per heavy atom. The normalized spacial score (nSPS) is 21.9. The number of nitrogens with zero attached hydrogens (tertiary/aromatic N) is 2. The molecule has 0 amide bonds. The topological polar surface area (TPSA) is 41.6 Å². The van der Waals surface area contributed by atoms with Crippen molar-refractivity contribution in [3.8, 4) is 0 Å². The second-order valence-corrected chi connectivity index (χ2v) is 7.12. The van der Waals surface area contributed by atoms with Gasteiger partial charge in [-0.3, -0.25) is 0 Å². The fraction of sp³-hybridized carbons (Fsp3) is 0.583. The van der Waals surface area contributed by atoms with Gasteiger partial charge in [-0.15, -0.1) is 11.3 Å². The number of hydrogen-bond donors (Lipinski definition) is 1. The van der Waals surface area contributed by atoms with E-state index in [-0.39, 0.29) is 0 Å².